The molecule has 0 aliphatic carbocycles. The van der Waals surface area contributed by atoms with Crippen LogP contribution < -0.4 is 5.32 Å². The highest BCUT2D eigenvalue weighted by molar-refractivity contribution is 4.97. The van der Waals surface area contributed by atoms with Gasteiger partial charge < -0.3 is 14.2 Å². The van der Waals surface area contributed by atoms with Gasteiger partial charge in [-0.05, 0) is 0 Å². The van der Waals surface area contributed by atoms with Gasteiger partial charge in [0.2, 0.25) is 0 Å². The van der Waals surface area contributed by atoms with Crippen LogP contribution in [0, 0.1) is 5.41 Å². The number of rotatable bonds is 0. The lowest BCUT2D eigenvalue weighted by atomic mass is 9.84. The van der Waals surface area contributed by atoms with Crippen molar-refractivity contribution in [2.45, 2.75) is 5.72 Å². The van der Waals surface area contributed by atoms with E-state index < -0.39 is 0 Å². The lowest BCUT2D eigenvalue weighted by Crippen LogP contribution is -2.71. The summed E-state index contributed by atoms with van der Waals surface area (Å²) >= 11 is 0. The fourth-order valence-electron chi connectivity index (χ4n) is 1.79. The van der Waals surface area contributed by atoms with Crippen molar-refractivity contribution in [3.63, 3.8) is 0 Å². The Labute approximate surface area is 71.2 Å². The first-order chi connectivity index (χ1) is 5.83. The Hall–Kier alpha value is -0.160. The van der Waals surface area contributed by atoms with Crippen molar-refractivity contribution in [3.8, 4) is 0 Å². The van der Waals surface area contributed by atoms with Gasteiger partial charge in [0.05, 0.1) is 38.4 Å². The molecule has 4 nitrogen and oxygen atoms in total. The molecule has 0 amide bonds. The van der Waals surface area contributed by atoms with Crippen LogP contribution in [0.3, 0.4) is 0 Å². The van der Waals surface area contributed by atoms with Crippen molar-refractivity contribution in [3.05, 3.63) is 0 Å². The summed E-state index contributed by atoms with van der Waals surface area (Å²) in [6.45, 7) is 4.92. The molecule has 0 aromatic rings. The quantitative estimate of drug-likeness (QED) is 0.525. The van der Waals surface area contributed by atoms with E-state index >= 15 is 0 Å². The summed E-state index contributed by atoms with van der Waals surface area (Å²) in [7, 11) is 0. The highest BCUT2D eigenvalue weighted by Crippen LogP contribution is 2.34. The zero-order valence-corrected chi connectivity index (χ0v) is 6.97. The molecular formula is C8H13NO3. The van der Waals surface area contributed by atoms with Crippen LogP contribution in [0.4, 0.5) is 0 Å². The maximum absolute atomic E-state index is 5.74. The summed E-state index contributed by atoms with van der Waals surface area (Å²) in [5.74, 6) is 0. The van der Waals surface area contributed by atoms with E-state index in [9.17, 15) is 0 Å². The van der Waals surface area contributed by atoms with Gasteiger partial charge in [-0.1, -0.05) is 0 Å². The van der Waals surface area contributed by atoms with Crippen LogP contribution >= 0.6 is 0 Å². The molecule has 3 heterocycles. The van der Waals surface area contributed by atoms with Crippen molar-refractivity contribution in [1.82, 2.24) is 5.32 Å². The Morgan fingerprint density at radius 3 is 2.00 bits per heavy atom. The lowest BCUT2D eigenvalue weighted by Gasteiger charge is -2.53. The first-order valence-electron chi connectivity index (χ1n) is 4.37. The molecule has 0 radical (unpaired) electrons. The molecule has 3 aliphatic rings. The molecule has 3 aliphatic heterocycles. The van der Waals surface area contributed by atoms with Crippen LogP contribution in [0.1, 0.15) is 0 Å². The van der Waals surface area contributed by atoms with Crippen molar-refractivity contribution in [1.29, 1.82) is 0 Å². The van der Waals surface area contributed by atoms with E-state index in [-0.39, 0.29) is 11.1 Å². The maximum atomic E-state index is 5.74. The second-order valence-corrected chi connectivity index (χ2v) is 4.12. The predicted octanol–water partition coefficient (Wildman–Crippen LogP) is -0.651. The highest BCUT2D eigenvalue weighted by atomic mass is 16.6. The molecule has 3 fully saturated rings. The summed E-state index contributed by atoms with van der Waals surface area (Å²) in [5.41, 5.74) is 0.141. The smallest absolute Gasteiger partial charge is 0.166 e. The van der Waals surface area contributed by atoms with Gasteiger partial charge in [-0.2, -0.15) is 0 Å². The molecule has 3 saturated heterocycles. The Kier molecular flexibility index (Phi) is 1.33. The summed E-state index contributed by atoms with van der Waals surface area (Å²) in [6.07, 6.45) is 0. The molecule has 0 saturated carbocycles. The van der Waals surface area contributed by atoms with Gasteiger partial charge in [0.15, 0.2) is 5.72 Å². The minimum absolute atomic E-state index is 0.138. The van der Waals surface area contributed by atoms with Crippen LogP contribution in [-0.4, -0.2) is 45.3 Å². The fourth-order valence-corrected chi connectivity index (χ4v) is 1.79. The molecule has 4 heteroatoms. The van der Waals surface area contributed by atoms with E-state index in [2.05, 4.69) is 5.32 Å². The fraction of sp³-hybridized carbons (Fsp3) is 1.00. The van der Waals surface area contributed by atoms with Crippen molar-refractivity contribution in [2.75, 3.05) is 39.6 Å². The molecule has 0 aromatic heterocycles. The van der Waals surface area contributed by atoms with Gasteiger partial charge in [-0.15, -0.1) is 0 Å². The minimum Gasteiger partial charge on any atom is -0.380 e. The monoisotopic (exact) mass is 171 g/mol. The van der Waals surface area contributed by atoms with Gasteiger partial charge in [-0.3, -0.25) is 5.32 Å². The standard InChI is InChI=1S/C8H13NO3/c1-7(2-10-3-7)4-12-8(9-1)5-11-6-8/h9H,1-6H2. The van der Waals surface area contributed by atoms with Crippen LogP contribution in [-0.2, 0) is 14.2 Å². The average molecular weight is 171 g/mol. The molecule has 0 aromatic carbocycles. The second kappa shape index (κ2) is 2.20. The zero-order chi connectivity index (χ0) is 8.07. The Morgan fingerprint density at radius 1 is 0.917 bits per heavy atom. The zero-order valence-electron chi connectivity index (χ0n) is 6.97. The third kappa shape index (κ3) is 0.864. The van der Waals surface area contributed by atoms with Gasteiger partial charge in [0, 0.05) is 6.54 Å². The highest BCUT2D eigenvalue weighted by Gasteiger charge is 2.50. The van der Waals surface area contributed by atoms with Crippen molar-refractivity contribution >= 4 is 0 Å². The number of ether oxygens (including phenoxy) is 3. The Morgan fingerprint density at radius 2 is 1.67 bits per heavy atom. The third-order valence-electron chi connectivity index (χ3n) is 2.93. The number of hydrogen-bond acceptors (Lipinski definition) is 4. The van der Waals surface area contributed by atoms with E-state index in [1.807, 2.05) is 0 Å². The van der Waals surface area contributed by atoms with Gasteiger partial charge in [-0.25, -0.2) is 0 Å². The molecule has 0 atom stereocenters. The minimum atomic E-state index is -0.138. The molecule has 2 spiro atoms. The molecule has 3 rings (SSSR count). The predicted molar refractivity (Wildman–Crippen MR) is 40.8 cm³/mol. The topological polar surface area (TPSA) is 39.7 Å². The normalized spacial score (nSPS) is 36.0. The molecule has 0 unspecified atom stereocenters. The number of nitrogens with one attached hydrogen (secondary N) is 1. The molecule has 0 bridgehead atoms. The summed E-state index contributed by atoms with van der Waals surface area (Å²) in [6, 6.07) is 0. The second-order valence-electron chi connectivity index (χ2n) is 4.12. The largest absolute Gasteiger partial charge is 0.380 e. The van der Waals surface area contributed by atoms with E-state index in [4.69, 9.17) is 14.2 Å². The van der Waals surface area contributed by atoms with E-state index in [1.165, 1.54) is 0 Å². The van der Waals surface area contributed by atoms with E-state index in [0.717, 1.165) is 26.4 Å². The first-order valence-corrected chi connectivity index (χ1v) is 4.37. The molecule has 68 valence electrons. The Bertz CT molecular complexity index is 164. The molecular weight excluding hydrogens is 158 g/mol. The third-order valence-corrected chi connectivity index (χ3v) is 2.93. The van der Waals surface area contributed by atoms with Crippen LogP contribution in [0.15, 0.2) is 0 Å². The van der Waals surface area contributed by atoms with Crippen molar-refractivity contribution in [2.24, 2.45) is 5.41 Å². The first kappa shape index (κ1) is 7.26. The van der Waals surface area contributed by atoms with Crippen LogP contribution in [0.5, 0.6) is 0 Å². The van der Waals surface area contributed by atoms with Crippen LogP contribution in [0.2, 0.25) is 0 Å². The summed E-state index contributed by atoms with van der Waals surface area (Å²) in [5, 5.41) is 3.40. The SMILES string of the molecule is C1NC2(COC2)OCC12COC2. The van der Waals surface area contributed by atoms with Crippen molar-refractivity contribution < 1.29 is 14.2 Å². The molecule has 1 N–H and O–H groups in total. The summed E-state index contributed by atoms with van der Waals surface area (Å²) < 4.78 is 16.0. The van der Waals surface area contributed by atoms with Crippen LogP contribution in [0.25, 0.3) is 0 Å². The van der Waals surface area contributed by atoms with Gasteiger partial charge in [0.25, 0.3) is 0 Å². The summed E-state index contributed by atoms with van der Waals surface area (Å²) in [4.78, 5) is 0. The van der Waals surface area contributed by atoms with E-state index in [0.29, 0.717) is 13.2 Å². The maximum Gasteiger partial charge on any atom is 0.166 e. The molecule has 12 heavy (non-hydrogen) atoms. The van der Waals surface area contributed by atoms with Gasteiger partial charge >= 0.3 is 0 Å². The Balaban J connectivity index is 1.65. The average Bonchev–Trinajstić information content (AvgIpc) is 1.99. The lowest BCUT2D eigenvalue weighted by molar-refractivity contribution is -0.288. The number of hydrogen-bond donors (Lipinski definition) is 1. The van der Waals surface area contributed by atoms with E-state index in [1.54, 1.807) is 0 Å². The van der Waals surface area contributed by atoms with Gasteiger partial charge in [0.1, 0.15) is 0 Å².